The van der Waals surface area contributed by atoms with Gasteiger partial charge in [0.1, 0.15) is 5.82 Å². The second-order valence-corrected chi connectivity index (χ2v) is 7.40. The molecule has 1 fully saturated rings. The van der Waals surface area contributed by atoms with Crippen LogP contribution in [0.2, 0.25) is 0 Å². The van der Waals surface area contributed by atoms with E-state index in [2.05, 4.69) is 25.6 Å². The number of benzene rings is 1. The number of aromatic nitrogens is 4. The van der Waals surface area contributed by atoms with Crippen molar-refractivity contribution in [2.45, 2.75) is 31.9 Å². The maximum Gasteiger partial charge on any atom is 0.416 e. The van der Waals surface area contributed by atoms with Crippen molar-refractivity contribution in [3.8, 4) is 22.6 Å². The first kappa shape index (κ1) is 21.0. The predicted molar refractivity (Wildman–Crippen MR) is 109 cm³/mol. The fourth-order valence-electron chi connectivity index (χ4n) is 3.63. The Labute approximate surface area is 176 Å². The van der Waals surface area contributed by atoms with Crippen molar-refractivity contribution < 1.29 is 18.0 Å². The number of imidazole rings is 1. The van der Waals surface area contributed by atoms with Crippen molar-refractivity contribution in [1.29, 1.82) is 0 Å². The van der Waals surface area contributed by atoms with Crippen LogP contribution in [0.3, 0.4) is 0 Å². The lowest BCUT2D eigenvalue weighted by atomic mass is 9.98. The van der Waals surface area contributed by atoms with Gasteiger partial charge in [0.2, 0.25) is 11.9 Å². The quantitative estimate of drug-likeness (QED) is 0.582. The van der Waals surface area contributed by atoms with E-state index in [0.29, 0.717) is 28.5 Å². The Morgan fingerprint density at radius 2 is 1.94 bits per heavy atom. The summed E-state index contributed by atoms with van der Waals surface area (Å²) >= 11 is 0. The summed E-state index contributed by atoms with van der Waals surface area (Å²) in [5, 5.41) is 5.81. The summed E-state index contributed by atoms with van der Waals surface area (Å²) in [6, 6.07) is 6.70. The van der Waals surface area contributed by atoms with Gasteiger partial charge in [-0.1, -0.05) is 12.1 Å². The van der Waals surface area contributed by atoms with Gasteiger partial charge in [-0.25, -0.2) is 15.0 Å². The number of H-pyrrole nitrogens is 1. The number of piperidine rings is 1. The van der Waals surface area contributed by atoms with Crippen LogP contribution in [0.1, 0.15) is 37.1 Å². The molecule has 0 radical (unpaired) electrons. The number of carbonyl (C=O) groups is 1. The van der Waals surface area contributed by atoms with Gasteiger partial charge < -0.3 is 10.3 Å². The number of hydrogen-bond acceptors (Lipinski definition) is 5. The molecule has 7 nitrogen and oxygen atoms in total. The van der Waals surface area contributed by atoms with Crippen LogP contribution >= 0.6 is 0 Å². The van der Waals surface area contributed by atoms with E-state index in [1.54, 1.807) is 12.1 Å². The van der Waals surface area contributed by atoms with Gasteiger partial charge in [0.25, 0.3) is 0 Å². The van der Waals surface area contributed by atoms with E-state index in [-0.39, 0.29) is 17.8 Å². The van der Waals surface area contributed by atoms with E-state index in [0.717, 1.165) is 38.1 Å². The summed E-state index contributed by atoms with van der Waals surface area (Å²) in [6.07, 6.45) is -1.24. The summed E-state index contributed by atoms with van der Waals surface area (Å²) in [5.74, 6) is 0.660. The monoisotopic (exact) mass is 430 g/mol. The number of hydrogen-bond donors (Lipinski definition) is 3. The number of aromatic amines is 1. The molecule has 0 unspecified atom stereocenters. The second kappa shape index (κ2) is 8.46. The van der Waals surface area contributed by atoms with Crippen LogP contribution in [-0.4, -0.2) is 38.9 Å². The first-order valence-corrected chi connectivity index (χ1v) is 9.90. The Balaban J connectivity index is 1.82. The van der Waals surface area contributed by atoms with Gasteiger partial charge in [-0.15, -0.1) is 0 Å². The van der Waals surface area contributed by atoms with Crippen LogP contribution in [-0.2, 0) is 11.0 Å². The number of rotatable bonds is 4. The van der Waals surface area contributed by atoms with E-state index in [4.69, 9.17) is 4.98 Å². The zero-order chi connectivity index (χ0) is 22.0. The Hall–Kier alpha value is -3.27. The standard InChI is InChI=1S/C21H21F3N6O/c1-12(31)27-20-26-10-7-16(28-20)18-17(14-3-2-4-15(11-14)21(22,23)24)29-19(30-18)13-5-8-25-9-6-13/h2-4,7,10-11,13,25H,5-6,8-9H2,1H3,(H,29,30)(H,26,27,28,31). The fourth-order valence-corrected chi connectivity index (χ4v) is 3.63. The van der Waals surface area contributed by atoms with E-state index >= 15 is 0 Å². The van der Waals surface area contributed by atoms with Gasteiger partial charge >= 0.3 is 6.18 Å². The van der Waals surface area contributed by atoms with Crippen LogP contribution in [0, 0.1) is 0 Å². The number of alkyl halides is 3. The Morgan fingerprint density at radius 3 is 2.65 bits per heavy atom. The minimum atomic E-state index is -4.46. The summed E-state index contributed by atoms with van der Waals surface area (Å²) in [5.41, 5.74) is 0.887. The summed E-state index contributed by atoms with van der Waals surface area (Å²) in [7, 11) is 0. The molecule has 1 aliphatic rings. The minimum Gasteiger partial charge on any atom is -0.340 e. The average Bonchev–Trinajstić information content (AvgIpc) is 3.19. The topological polar surface area (TPSA) is 95.6 Å². The number of nitrogens with one attached hydrogen (secondary N) is 3. The van der Waals surface area contributed by atoms with Crippen molar-refractivity contribution in [3.63, 3.8) is 0 Å². The van der Waals surface area contributed by atoms with Gasteiger partial charge in [-0.2, -0.15) is 13.2 Å². The van der Waals surface area contributed by atoms with Gasteiger partial charge in [0, 0.05) is 24.6 Å². The van der Waals surface area contributed by atoms with E-state index in [1.807, 2.05) is 0 Å². The molecule has 0 aliphatic carbocycles. The SMILES string of the molecule is CC(=O)Nc1nccc(-c2[nH]c(C3CCNCC3)nc2-c2cccc(C(F)(F)F)c2)n1. The van der Waals surface area contributed by atoms with Crippen LogP contribution in [0.4, 0.5) is 19.1 Å². The minimum absolute atomic E-state index is 0.109. The molecule has 1 aromatic carbocycles. The van der Waals surface area contributed by atoms with Crippen molar-refractivity contribution in [3.05, 3.63) is 47.9 Å². The van der Waals surface area contributed by atoms with E-state index in [9.17, 15) is 18.0 Å². The highest BCUT2D eigenvalue weighted by atomic mass is 19.4. The van der Waals surface area contributed by atoms with E-state index < -0.39 is 11.7 Å². The lowest BCUT2D eigenvalue weighted by Crippen LogP contribution is -2.27. The Morgan fingerprint density at radius 1 is 1.16 bits per heavy atom. The molecule has 31 heavy (non-hydrogen) atoms. The molecule has 4 rings (SSSR count). The van der Waals surface area contributed by atoms with Crippen LogP contribution in [0.15, 0.2) is 36.5 Å². The summed E-state index contributed by atoms with van der Waals surface area (Å²) in [6.45, 7) is 3.04. The molecule has 1 aliphatic heterocycles. The first-order chi connectivity index (χ1) is 14.8. The smallest absolute Gasteiger partial charge is 0.340 e. The van der Waals surface area contributed by atoms with Crippen molar-refractivity contribution >= 4 is 11.9 Å². The molecule has 0 spiro atoms. The van der Waals surface area contributed by atoms with Crippen molar-refractivity contribution in [2.75, 3.05) is 18.4 Å². The molecular formula is C21H21F3N6O. The van der Waals surface area contributed by atoms with Gasteiger partial charge in [-0.05, 0) is 44.1 Å². The Bertz CT molecular complexity index is 1090. The molecule has 3 aromatic rings. The van der Waals surface area contributed by atoms with Crippen molar-refractivity contribution in [1.82, 2.24) is 25.3 Å². The number of amides is 1. The molecule has 0 atom stereocenters. The fraction of sp³-hybridized carbons (Fsp3) is 0.333. The third-order valence-electron chi connectivity index (χ3n) is 5.11. The molecule has 1 amide bonds. The first-order valence-electron chi connectivity index (χ1n) is 9.90. The normalized spacial score (nSPS) is 15.1. The van der Waals surface area contributed by atoms with Crippen LogP contribution < -0.4 is 10.6 Å². The van der Waals surface area contributed by atoms with Crippen molar-refractivity contribution in [2.24, 2.45) is 0 Å². The molecule has 2 aromatic heterocycles. The van der Waals surface area contributed by atoms with Crippen LogP contribution in [0.25, 0.3) is 22.6 Å². The summed E-state index contributed by atoms with van der Waals surface area (Å²) < 4.78 is 39.8. The number of halogens is 3. The average molecular weight is 430 g/mol. The Kier molecular flexibility index (Phi) is 5.73. The molecule has 3 N–H and O–H groups in total. The maximum absolute atomic E-state index is 13.3. The van der Waals surface area contributed by atoms with Gasteiger partial charge in [-0.3, -0.25) is 10.1 Å². The zero-order valence-electron chi connectivity index (χ0n) is 16.8. The number of carbonyl (C=O) groups excluding carboxylic acids is 1. The number of nitrogens with zero attached hydrogens (tertiary/aromatic N) is 3. The highest BCUT2D eigenvalue weighted by molar-refractivity contribution is 5.87. The van der Waals surface area contributed by atoms with E-state index in [1.165, 1.54) is 19.2 Å². The number of anilines is 1. The highest BCUT2D eigenvalue weighted by Gasteiger charge is 2.31. The predicted octanol–water partition coefficient (Wildman–Crippen LogP) is 3.98. The maximum atomic E-state index is 13.3. The van der Waals surface area contributed by atoms with Crippen LogP contribution in [0.5, 0.6) is 0 Å². The molecule has 3 heterocycles. The molecule has 162 valence electrons. The molecule has 0 saturated carbocycles. The third kappa shape index (κ3) is 4.74. The summed E-state index contributed by atoms with van der Waals surface area (Å²) in [4.78, 5) is 27.7. The molecule has 10 heteroatoms. The van der Waals surface area contributed by atoms with Gasteiger partial charge in [0.05, 0.1) is 22.6 Å². The molecule has 0 bridgehead atoms. The zero-order valence-corrected chi connectivity index (χ0v) is 16.8. The molecule has 1 saturated heterocycles. The highest BCUT2D eigenvalue weighted by Crippen LogP contribution is 2.36. The largest absolute Gasteiger partial charge is 0.416 e. The second-order valence-electron chi connectivity index (χ2n) is 7.40. The van der Waals surface area contributed by atoms with Gasteiger partial charge in [0.15, 0.2) is 0 Å². The lowest BCUT2D eigenvalue weighted by molar-refractivity contribution is -0.137. The lowest BCUT2D eigenvalue weighted by Gasteiger charge is -2.20. The molecular weight excluding hydrogens is 409 g/mol. The third-order valence-corrected chi connectivity index (χ3v) is 5.11.